The summed E-state index contributed by atoms with van der Waals surface area (Å²) in [7, 11) is 0. The van der Waals surface area contributed by atoms with Crippen LogP contribution in [0.2, 0.25) is 0 Å². The first-order chi connectivity index (χ1) is 5.15. The molecule has 0 saturated heterocycles. The molecule has 2 nitrogen and oxygen atoms in total. The quantitative estimate of drug-likeness (QED) is 0.822. The molecule has 11 heavy (non-hydrogen) atoms. The summed E-state index contributed by atoms with van der Waals surface area (Å²) in [5.41, 5.74) is 6.79. The second kappa shape index (κ2) is 3.67. The zero-order chi connectivity index (χ0) is 8.43. The van der Waals surface area contributed by atoms with Gasteiger partial charge in [0, 0.05) is 4.88 Å². The summed E-state index contributed by atoms with van der Waals surface area (Å²) in [5.74, 6) is 0. The summed E-state index contributed by atoms with van der Waals surface area (Å²) in [6, 6.07) is 1.76. The summed E-state index contributed by atoms with van der Waals surface area (Å²) in [4.78, 5) is 1.02. The van der Waals surface area contributed by atoms with Crippen molar-refractivity contribution in [1.82, 2.24) is 0 Å². The highest BCUT2D eigenvalue weighted by Gasteiger charge is 2.08. The number of aryl methyl sites for hydroxylation is 1. The van der Waals surface area contributed by atoms with Crippen LogP contribution >= 0.6 is 27.3 Å². The lowest BCUT2D eigenvalue weighted by molar-refractivity contribution is 0.269. The van der Waals surface area contributed by atoms with Crippen LogP contribution in [0.5, 0.6) is 0 Å². The van der Waals surface area contributed by atoms with Crippen LogP contribution in [-0.4, -0.2) is 11.7 Å². The lowest BCUT2D eigenvalue weighted by Crippen LogP contribution is -2.12. The monoisotopic (exact) mass is 235 g/mol. The molecule has 3 N–H and O–H groups in total. The number of hydrogen-bond acceptors (Lipinski definition) is 3. The van der Waals surface area contributed by atoms with Gasteiger partial charge >= 0.3 is 0 Å². The minimum Gasteiger partial charge on any atom is -0.394 e. The van der Waals surface area contributed by atoms with Gasteiger partial charge in [0.2, 0.25) is 0 Å². The van der Waals surface area contributed by atoms with E-state index in [0.29, 0.717) is 0 Å². The third-order valence-electron chi connectivity index (χ3n) is 1.44. The fraction of sp³-hybridized carbons (Fsp3) is 0.429. The van der Waals surface area contributed by atoms with Crippen molar-refractivity contribution in [3.63, 3.8) is 0 Å². The molecule has 0 aliphatic carbocycles. The SMILES string of the molecule is Cc1cc(C(N)CO)sc1Br. The standard InChI is InChI=1S/C7H10BrNOS/c1-4-2-6(5(9)3-10)11-7(4)8/h2,5,10H,3,9H2,1H3. The van der Waals surface area contributed by atoms with Crippen LogP contribution in [0.1, 0.15) is 16.5 Å². The Morgan fingerprint density at radius 1 is 1.82 bits per heavy atom. The van der Waals surface area contributed by atoms with E-state index in [1.807, 2.05) is 13.0 Å². The Kier molecular flexibility index (Phi) is 3.06. The second-order valence-corrected chi connectivity index (χ2v) is 4.80. The van der Waals surface area contributed by atoms with E-state index in [0.717, 1.165) is 8.66 Å². The van der Waals surface area contributed by atoms with Crippen molar-refractivity contribution in [2.75, 3.05) is 6.61 Å². The van der Waals surface area contributed by atoms with Crippen molar-refractivity contribution in [3.05, 3.63) is 20.3 Å². The summed E-state index contributed by atoms with van der Waals surface area (Å²) in [5, 5.41) is 8.75. The lowest BCUT2D eigenvalue weighted by Gasteiger charge is -2.02. The topological polar surface area (TPSA) is 46.2 Å². The summed E-state index contributed by atoms with van der Waals surface area (Å²) in [6.45, 7) is 2.01. The highest BCUT2D eigenvalue weighted by Crippen LogP contribution is 2.30. The van der Waals surface area contributed by atoms with Gasteiger partial charge in [0.15, 0.2) is 0 Å². The molecule has 1 atom stereocenters. The average molecular weight is 236 g/mol. The molecule has 0 aliphatic rings. The molecule has 0 saturated carbocycles. The van der Waals surface area contributed by atoms with Crippen molar-refractivity contribution in [2.45, 2.75) is 13.0 Å². The van der Waals surface area contributed by atoms with Crippen LogP contribution < -0.4 is 5.73 Å². The van der Waals surface area contributed by atoms with Crippen molar-refractivity contribution in [2.24, 2.45) is 5.73 Å². The minimum atomic E-state index is -0.231. The average Bonchev–Trinajstić information content (AvgIpc) is 2.31. The van der Waals surface area contributed by atoms with Crippen molar-refractivity contribution >= 4 is 27.3 Å². The molecule has 0 aromatic carbocycles. The van der Waals surface area contributed by atoms with Gasteiger partial charge in [-0.25, -0.2) is 0 Å². The van der Waals surface area contributed by atoms with Crippen LogP contribution in [0.25, 0.3) is 0 Å². The van der Waals surface area contributed by atoms with E-state index in [1.54, 1.807) is 11.3 Å². The first-order valence-electron chi connectivity index (χ1n) is 3.27. The number of thiophene rings is 1. The zero-order valence-electron chi connectivity index (χ0n) is 6.17. The first kappa shape index (κ1) is 9.19. The Balaban J connectivity index is 2.88. The number of halogens is 1. The summed E-state index contributed by atoms with van der Waals surface area (Å²) >= 11 is 4.97. The fourth-order valence-corrected chi connectivity index (χ4v) is 2.32. The van der Waals surface area contributed by atoms with Gasteiger partial charge in [-0.1, -0.05) is 0 Å². The van der Waals surface area contributed by atoms with E-state index in [9.17, 15) is 0 Å². The first-order valence-corrected chi connectivity index (χ1v) is 4.88. The van der Waals surface area contributed by atoms with Crippen molar-refractivity contribution in [3.8, 4) is 0 Å². The maximum atomic E-state index is 8.75. The molecule has 1 rings (SSSR count). The molecular formula is C7H10BrNOS. The molecule has 62 valence electrons. The number of nitrogens with two attached hydrogens (primary N) is 1. The number of rotatable bonds is 2. The molecule has 0 spiro atoms. The minimum absolute atomic E-state index is 0.00634. The van der Waals surface area contributed by atoms with E-state index in [1.165, 1.54) is 5.56 Å². The number of hydrogen-bond donors (Lipinski definition) is 2. The fourth-order valence-electron chi connectivity index (χ4n) is 0.756. The molecular weight excluding hydrogens is 226 g/mol. The normalized spacial score (nSPS) is 13.5. The molecule has 0 fully saturated rings. The largest absolute Gasteiger partial charge is 0.394 e. The third-order valence-corrected chi connectivity index (χ3v) is 3.71. The zero-order valence-corrected chi connectivity index (χ0v) is 8.58. The molecule has 0 bridgehead atoms. The number of aliphatic hydroxyl groups is 1. The smallest absolute Gasteiger partial charge is 0.0731 e. The van der Waals surface area contributed by atoms with Crippen molar-refractivity contribution in [1.29, 1.82) is 0 Å². The van der Waals surface area contributed by atoms with Gasteiger partial charge in [0.25, 0.3) is 0 Å². The molecule has 1 aromatic heterocycles. The highest BCUT2D eigenvalue weighted by atomic mass is 79.9. The Bertz CT molecular complexity index is 229. The Morgan fingerprint density at radius 3 is 2.82 bits per heavy atom. The molecule has 1 heterocycles. The maximum absolute atomic E-state index is 8.75. The van der Waals surface area contributed by atoms with E-state index in [-0.39, 0.29) is 12.6 Å². The predicted octanol–water partition coefficient (Wildman–Crippen LogP) is 1.81. The van der Waals surface area contributed by atoms with Crippen LogP contribution in [0.3, 0.4) is 0 Å². The van der Waals surface area contributed by atoms with E-state index >= 15 is 0 Å². The molecule has 1 aromatic rings. The molecule has 0 amide bonds. The highest BCUT2D eigenvalue weighted by molar-refractivity contribution is 9.11. The molecule has 0 radical (unpaired) electrons. The maximum Gasteiger partial charge on any atom is 0.0731 e. The Hall–Kier alpha value is 0.100. The van der Waals surface area contributed by atoms with Crippen LogP contribution in [0.4, 0.5) is 0 Å². The van der Waals surface area contributed by atoms with Crippen LogP contribution in [0, 0.1) is 6.92 Å². The van der Waals surface area contributed by atoms with Gasteiger partial charge in [-0.05, 0) is 34.5 Å². The van der Waals surface area contributed by atoms with Crippen LogP contribution in [0.15, 0.2) is 9.85 Å². The van der Waals surface area contributed by atoms with E-state index in [4.69, 9.17) is 10.8 Å². The predicted molar refractivity (Wildman–Crippen MR) is 50.8 cm³/mol. The van der Waals surface area contributed by atoms with Gasteiger partial charge in [-0.2, -0.15) is 0 Å². The summed E-state index contributed by atoms with van der Waals surface area (Å²) in [6.07, 6.45) is 0. The van der Waals surface area contributed by atoms with E-state index in [2.05, 4.69) is 15.9 Å². The molecule has 1 unspecified atom stereocenters. The van der Waals surface area contributed by atoms with Gasteiger partial charge < -0.3 is 10.8 Å². The lowest BCUT2D eigenvalue weighted by atomic mass is 10.2. The third kappa shape index (κ3) is 2.02. The second-order valence-electron chi connectivity index (χ2n) is 2.39. The Morgan fingerprint density at radius 2 is 2.45 bits per heavy atom. The molecule has 4 heteroatoms. The Labute approximate surface area is 78.2 Å². The number of aliphatic hydroxyl groups excluding tert-OH is 1. The van der Waals surface area contributed by atoms with Gasteiger partial charge in [0.1, 0.15) is 0 Å². The van der Waals surface area contributed by atoms with Gasteiger partial charge in [-0.3, -0.25) is 0 Å². The van der Waals surface area contributed by atoms with Gasteiger partial charge in [0.05, 0.1) is 16.4 Å². The van der Waals surface area contributed by atoms with Crippen LogP contribution in [-0.2, 0) is 0 Å². The summed E-state index contributed by atoms with van der Waals surface area (Å²) < 4.78 is 1.09. The van der Waals surface area contributed by atoms with Gasteiger partial charge in [-0.15, -0.1) is 11.3 Å². The van der Waals surface area contributed by atoms with Crippen molar-refractivity contribution < 1.29 is 5.11 Å². The van der Waals surface area contributed by atoms with E-state index < -0.39 is 0 Å². The molecule has 0 aliphatic heterocycles.